The Morgan fingerprint density at radius 3 is 3.07 bits per heavy atom. The van der Waals surface area contributed by atoms with Gasteiger partial charge in [0.1, 0.15) is 17.4 Å². The third kappa shape index (κ3) is 4.23. The number of nitrogens with zero attached hydrogens (tertiary/aromatic N) is 4. The lowest BCUT2D eigenvalue weighted by Crippen LogP contribution is -2.33. The van der Waals surface area contributed by atoms with Crippen molar-refractivity contribution in [1.82, 2.24) is 30.1 Å². The molecule has 4 N–H and O–H groups in total. The Bertz CT molecular complexity index is 1020. The van der Waals surface area contributed by atoms with E-state index in [4.69, 9.17) is 10.5 Å². The molecule has 2 aliphatic heterocycles. The molecule has 4 heterocycles. The lowest BCUT2D eigenvalue weighted by molar-refractivity contribution is 0.0918. The fraction of sp³-hybridized carbons (Fsp3) is 0.450. The van der Waals surface area contributed by atoms with Gasteiger partial charge < -0.3 is 26.0 Å². The fourth-order valence-corrected chi connectivity index (χ4v) is 3.69. The van der Waals surface area contributed by atoms with Crippen LogP contribution in [-0.4, -0.2) is 57.7 Å². The molecule has 2 atom stereocenters. The van der Waals surface area contributed by atoms with E-state index in [1.165, 1.54) is 0 Å². The fourth-order valence-electron chi connectivity index (χ4n) is 3.69. The van der Waals surface area contributed by atoms with Gasteiger partial charge in [-0.25, -0.2) is 13.9 Å². The largest absolute Gasteiger partial charge is 0.488 e. The minimum absolute atomic E-state index is 0.0263. The number of carbonyl (C=O) groups is 1. The van der Waals surface area contributed by atoms with Crippen molar-refractivity contribution < 1.29 is 13.9 Å². The average Bonchev–Trinajstić information content (AvgIpc) is 2.88. The number of nitrogen functional groups attached to an aromatic ring is 1. The van der Waals surface area contributed by atoms with E-state index in [9.17, 15) is 9.18 Å². The number of aromatic nitrogens is 3. The number of amides is 1. The van der Waals surface area contributed by atoms with E-state index in [0.29, 0.717) is 11.5 Å². The zero-order chi connectivity index (χ0) is 21.3. The summed E-state index contributed by atoms with van der Waals surface area (Å²) in [7, 11) is 2.11. The molecular weight excluding hydrogens is 389 g/mol. The van der Waals surface area contributed by atoms with Gasteiger partial charge in [0.2, 0.25) is 0 Å². The van der Waals surface area contributed by atoms with Crippen LogP contribution < -0.4 is 16.4 Å². The van der Waals surface area contributed by atoms with Gasteiger partial charge in [-0.15, -0.1) is 5.10 Å². The second-order valence-corrected chi connectivity index (χ2v) is 7.77. The van der Waals surface area contributed by atoms with Crippen LogP contribution in [0.15, 0.2) is 36.1 Å². The summed E-state index contributed by atoms with van der Waals surface area (Å²) in [6.45, 7) is 4.03. The maximum Gasteiger partial charge on any atom is 0.263 e. The molecule has 1 fully saturated rings. The first-order valence-electron chi connectivity index (χ1n) is 10.0. The SMILES string of the molecule is CC1C=C(OC2CCCN(C)CC2)C(NC(=O)c2c(N)nn3cc(F)cnc23)=CN1. The molecule has 0 aromatic carbocycles. The molecule has 9 nitrogen and oxygen atoms in total. The Labute approximate surface area is 173 Å². The molecule has 1 amide bonds. The van der Waals surface area contributed by atoms with Crippen molar-refractivity contribution >= 4 is 17.4 Å². The highest BCUT2D eigenvalue weighted by molar-refractivity contribution is 6.05. The molecule has 30 heavy (non-hydrogen) atoms. The van der Waals surface area contributed by atoms with Gasteiger partial charge in [-0.2, -0.15) is 0 Å². The van der Waals surface area contributed by atoms with E-state index < -0.39 is 11.7 Å². The first-order valence-corrected chi connectivity index (χ1v) is 10.0. The predicted octanol–water partition coefficient (Wildman–Crippen LogP) is 1.40. The monoisotopic (exact) mass is 415 g/mol. The number of carbonyl (C=O) groups excluding carboxylic acids is 1. The zero-order valence-electron chi connectivity index (χ0n) is 17.1. The lowest BCUT2D eigenvalue weighted by atomic mass is 10.1. The number of nitrogens with one attached hydrogen (secondary N) is 2. The van der Waals surface area contributed by atoms with Crippen molar-refractivity contribution in [3.05, 3.63) is 47.5 Å². The summed E-state index contributed by atoms with van der Waals surface area (Å²) in [4.78, 5) is 19.2. The first kappa shape index (κ1) is 20.1. The topological polar surface area (TPSA) is 110 Å². The Morgan fingerprint density at radius 1 is 1.40 bits per heavy atom. The van der Waals surface area contributed by atoms with E-state index in [0.717, 1.165) is 49.3 Å². The molecular formula is C20H26FN7O2. The number of fused-ring (bicyclic) bond motifs is 1. The number of nitrogens with two attached hydrogens (primary N) is 1. The highest BCUT2D eigenvalue weighted by Crippen LogP contribution is 2.23. The van der Waals surface area contributed by atoms with Crippen LogP contribution >= 0.6 is 0 Å². The third-order valence-electron chi connectivity index (χ3n) is 5.29. The number of likely N-dealkylation sites (tertiary alicyclic amines) is 1. The normalized spacial score (nSPS) is 22.6. The smallest absolute Gasteiger partial charge is 0.263 e. The van der Waals surface area contributed by atoms with Crippen LogP contribution in [-0.2, 0) is 4.74 Å². The minimum atomic E-state index is -0.571. The van der Waals surface area contributed by atoms with Gasteiger partial charge >= 0.3 is 0 Å². The van der Waals surface area contributed by atoms with Crippen molar-refractivity contribution in [3.63, 3.8) is 0 Å². The van der Waals surface area contributed by atoms with Crippen molar-refractivity contribution in [2.75, 3.05) is 25.9 Å². The molecule has 2 aromatic heterocycles. The number of ether oxygens (including phenoxy) is 1. The van der Waals surface area contributed by atoms with Gasteiger partial charge in [-0.3, -0.25) is 4.79 Å². The first-order chi connectivity index (χ1) is 14.4. The molecule has 0 saturated carbocycles. The quantitative estimate of drug-likeness (QED) is 0.692. The van der Waals surface area contributed by atoms with Crippen molar-refractivity contribution in [1.29, 1.82) is 0 Å². The van der Waals surface area contributed by atoms with Gasteiger partial charge in [0.05, 0.1) is 18.1 Å². The maximum absolute atomic E-state index is 13.4. The molecule has 2 aliphatic rings. The molecule has 0 spiro atoms. The van der Waals surface area contributed by atoms with E-state index in [-0.39, 0.29) is 29.2 Å². The van der Waals surface area contributed by atoms with Crippen LogP contribution in [0.5, 0.6) is 0 Å². The summed E-state index contributed by atoms with van der Waals surface area (Å²) in [6.07, 6.45) is 8.83. The number of dihydropyridines is 1. The molecule has 10 heteroatoms. The van der Waals surface area contributed by atoms with Crippen molar-refractivity contribution in [3.8, 4) is 0 Å². The molecule has 0 aliphatic carbocycles. The van der Waals surface area contributed by atoms with Gasteiger partial charge in [-0.1, -0.05) is 0 Å². The number of hydrogen-bond acceptors (Lipinski definition) is 7. The van der Waals surface area contributed by atoms with E-state index >= 15 is 0 Å². The molecule has 2 aromatic rings. The van der Waals surface area contributed by atoms with Crippen molar-refractivity contribution in [2.24, 2.45) is 0 Å². The Morgan fingerprint density at radius 2 is 2.23 bits per heavy atom. The van der Waals surface area contributed by atoms with Crippen LogP contribution in [0.3, 0.4) is 0 Å². The lowest BCUT2D eigenvalue weighted by Gasteiger charge is -2.26. The summed E-state index contributed by atoms with van der Waals surface area (Å²) in [6, 6.07) is 0.0702. The Kier molecular flexibility index (Phi) is 5.58. The van der Waals surface area contributed by atoms with Gasteiger partial charge in [0, 0.05) is 18.8 Å². The average molecular weight is 415 g/mol. The van der Waals surface area contributed by atoms with Crippen LogP contribution in [0.1, 0.15) is 36.5 Å². The summed E-state index contributed by atoms with van der Waals surface area (Å²) in [5, 5.41) is 9.99. The number of anilines is 1. The van der Waals surface area contributed by atoms with Crippen LogP contribution in [0, 0.1) is 5.82 Å². The van der Waals surface area contributed by atoms with Gasteiger partial charge in [0.25, 0.3) is 5.91 Å². The van der Waals surface area contributed by atoms with E-state index in [1.807, 2.05) is 13.0 Å². The molecule has 160 valence electrons. The summed E-state index contributed by atoms with van der Waals surface area (Å²) >= 11 is 0. The molecule has 4 rings (SSSR count). The third-order valence-corrected chi connectivity index (χ3v) is 5.29. The molecule has 1 saturated heterocycles. The maximum atomic E-state index is 13.4. The Hall–Kier alpha value is -3.14. The molecule has 2 unspecified atom stereocenters. The molecule has 0 bridgehead atoms. The highest BCUT2D eigenvalue weighted by atomic mass is 19.1. The number of rotatable bonds is 4. The van der Waals surface area contributed by atoms with Crippen LogP contribution in [0.4, 0.5) is 10.2 Å². The second kappa shape index (κ2) is 8.31. The Balaban J connectivity index is 1.53. The molecule has 0 radical (unpaired) electrons. The van der Waals surface area contributed by atoms with Gasteiger partial charge in [-0.05, 0) is 45.9 Å². The van der Waals surface area contributed by atoms with Crippen LogP contribution in [0.25, 0.3) is 5.65 Å². The van der Waals surface area contributed by atoms with Crippen LogP contribution in [0.2, 0.25) is 0 Å². The summed E-state index contributed by atoms with van der Waals surface area (Å²) in [5.74, 6) is -0.461. The van der Waals surface area contributed by atoms with E-state index in [2.05, 4.69) is 32.7 Å². The summed E-state index contributed by atoms with van der Waals surface area (Å²) in [5.41, 5.74) is 6.69. The number of halogens is 1. The van der Waals surface area contributed by atoms with E-state index in [1.54, 1.807) is 6.20 Å². The predicted molar refractivity (Wildman–Crippen MR) is 110 cm³/mol. The number of hydrogen-bond donors (Lipinski definition) is 3. The summed E-state index contributed by atoms with van der Waals surface area (Å²) < 4.78 is 20.9. The minimum Gasteiger partial charge on any atom is -0.488 e. The van der Waals surface area contributed by atoms with Crippen molar-refractivity contribution in [2.45, 2.75) is 38.3 Å². The second-order valence-electron chi connectivity index (χ2n) is 7.77. The standard InChI is InChI=1S/C20H26FN7O2/c1-12-8-16(30-14-4-3-6-27(2)7-5-14)15(10-23-12)25-20(29)17-18(22)26-28-11-13(21)9-24-19(17)28/h8-12,14,23H,3-7H2,1-2H3,(H2,22,26)(H,25,29). The van der Waals surface area contributed by atoms with Gasteiger partial charge in [0.15, 0.2) is 17.3 Å². The zero-order valence-corrected chi connectivity index (χ0v) is 17.1. The highest BCUT2D eigenvalue weighted by Gasteiger charge is 2.25.